The summed E-state index contributed by atoms with van der Waals surface area (Å²) in [5.74, 6) is 2.96. The Kier molecular flexibility index (Phi) is 5.72. The van der Waals surface area contributed by atoms with E-state index in [2.05, 4.69) is 16.2 Å². The van der Waals surface area contributed by atoms with Gasteiger partial charge in [-0.2, -0.15) is 0 Å². The summed E-state index contributed by atoms with van der Waals surface area (Å²) in [4.78, 5) is 6.16. The van der Waals surface area contributed by atoms with Crippen LogP contribution in [0, 0.1) is 18.2 Å². The first-order valence-corrected chi connectivity index (χ1v) is 5.84. The van der Waals surface area contributed by atoms with Gasteiger partial charge >= 0.3 is 0 Å². The molecule has 0 spiro atoms. The van der Waals surface area contributed by atoms with Crippen LogP contribution >= 0.6 is 0 Å². The third-order valence-electron chi connectivity index (χ3n) is 2.33. The standard InChI is InChI=1S/C14H18FN3/c1-4-9-17-14(16-5-2)18(3)11-12-7-6-8-13(15)10-12/h1,6-8,10H,5,9,11H2,2-3H3,(H,16,17). The molecule has 1 aromatic rings. The van der Waals surface area contributed by atoms with Gasteiger partial charge in [-0.3, -0.25) is 0 Å². The summed E-state index contributed by atoms with van der Waals surface area (Å²) in [6.07, 6.45) is 5.19. The van der Waals surface area contributed by atoms with Gasteiger partial charge in [0.05, 0.1) is 0 Å². The molecular formula is C14H18FN3. The lowest BCUT2D eigenvalue weighted by molar-refractivity contribution is 0.476. The highest BCUT2D eigenvalue weighted by molar-refractivity contribution is 5.79. The van der Waals surface area contributed by atoms with Crippen LogP contribution in [0.5, 0.6) is 0 Å². The second kappa shape index (κ2) is 7.33. The largest absolute Gasteiger partial charge is 0.356 e. The van der Waals surface area contributed by atoms with E-state index in [9.17, 15) is 4.39 Å². The molecule has 0 aromatic heterocycles. The van der Waals surface area contributed by atoms with Gasteiger partial charge < -0.3 is 10.2 Å². The molecule has 0 unspecified atom stereocenters. The van der Waals surface area contributed by atoms with E-state index in [4.69, 9.17) is 6.42 Å². The zero-order chi connectivity index (χ0) is 13.4. The van der Waals surface area contributed by atoms with Crippen molar-refractivity contribution in [1.82, 2.24) is 10.2 Å². The zero-order valence-electron chi connectivity index (χ0n) is 10.8. The van der Waals surface area contributed by atoms with E-state index in [1.165, 1.54) is 12.1 Å². The Labute approximate surface area is 108 Å². The van der Waals surface area contributed by atoms with Gasteiger partial charge in [-0.05, 0) is 24.6 Å². The highest BCUT2D eigenvalue weighted by Crippen LogP contribution is 2.06. The Morgan fingerprint density at radius 1 is 1.56 bits per heavy atom. The van der Waals surface area contributed by atoms with E-state index in [1.807, 2.05) is 24.9 Å². The Balaban J connectivity index is 2.72. The fraction of sp³-hybridized carbons (Fsp3) is 0.357. The van der Waals surface area contributed by atoms with Crippen LogP contribution in [0.1, 0.15) is 12.5 Å². The van der Waals surface area contributed by atoms with Gasteiger partial charge in [-0.1, -0.05) is 18.1 Å². The van der Waals surface area contributed by atoms with E-state index in [-0.39, 0.29) is 5.82 Å². The van der Waals surface area contributed by atoms with Crippen LogP contribution in [0.3, 0.4) is 0 Å². The minimum Gasteiger partial charge on any atom is -0.356 e. The van der Waals surface area contributed by atoms with E-state index in [0.29, 0.717) is 13.1 Å². The number of nitrogens with zero attached hydrogens (tertiary/aromatic N) is 2. The van der Waals surface area contributed by atoms with E-state index in [1.54, 1.807) is 6.07 Å². The molecule has 0 radical (unpaired) electrons. The average molecular weight is 247 g/mol. The molecule has 0 amide bonds. The topological polar surface area (TPSA) is 27.6 Å². The number of nitrogens with one attached hydrogen (secondary N) is 1. The van der Waals surface area contributed by atoms with Crippen molar-refractivity contribution in [2.24, 2.45) is 4.99 Å². The SMILES string of the molecule is C#CCN=C(NCC)N(C)Cc1cccc(F)c1. The minimum atomic E-state index is -0.230. The number of rotatable bonds is 4. The summed E-state index contributed by atoms with van der Waals surface area (Å²) in [5.41, 5.74) is 0.892. The summed E-state index contributed by atoms with van der Waals surface area (Å²) in [6, 6.07) is 6.52. The molecule has 1 N–H and O–H groups in total. The highest BCUT2D eigenvalue weighted by atomic mass is 19.1. The van der Waals surface area contributed by atoms with Crippen molar-refractivity contribution in [3.63, 3.8) is 0 Å². The number of hydrogen-bond donors (Lipinski definition) is 1. The number of terminal acetylenes is 1. The molecule has 0 aliphatic heterocycles. The first-order chi connectivity index (χ1) is 8.67. The fourth-order valence-corrected chi connectivity index (χ4v) is 1.57. The predicted octanol–water partition coefficient (Wildman–Crippen LogP) is 1.86. The van der Waals surface area contributed by atoms with Gasteiger partial charge in [0.25, 0.3) is 0 Å². The monoisotopic (exact) mass is 247 g/mol. The number of benzene rings is 1. The van der Waals surface area contributed by atoms with Crippen LogP contribution in [0.4, 0.5) is 4.39 Å². The minimum absolute atomic E-state index is 0.230. The Hall–Kier alpha value is -2.02. The molecule has 1 aromatic carbocycles. The van der Waals surface area contributed by atoms with Gasteiger partial charge in [0.15, 0.2) is 5.96 Å². The second-order valence-electron chi connectivity index (χ2n) is 3.86. The van der Waals surface area contributed by atoms with E-state index < -0.39 is 0 Å². The van der Waals surface area contributed by atoms with Crippen LogP contribution in [0.2, 0.25) is 0 Å². The molecule has 3 nitrogen and oxygen atoms in total. The maximum atomic E-state index is 13.1. The van der Waals surface area contributed by atoms with Crippen molar-refractivity contribution in [2.75, 3.05) is 20.1 Å². The molecule has 18 heavy (non-hydrogen) atoms. The molecule has 4 heteroatoms. The summed E-state index contributed by atoms with van der Waals surface area (Å²) >= 11 is 0. The molecule has 0 saturated carbocycles. The van der Waals surface area contributed by atoms with Crippen molar-refractivity contribution in [1.29, 1.82) is 0 Å². The molecular weight excluding hydrogens is 229 g/mol. The van der Waals surface area contributed by atoms with E-state index >= 15 is 0 Å². The number of halogens is 1. The Bertz CT molecular complexity index is 449. The van der Waals surface area contributed by atoms with Crippen molar-refractivity contribution >= 4 is 5.96 Å². The third-order valence-corrected chi connectivity index (χ3v) is 2.33. The second-order valence-corrected chi connectivity index (χ2v) is 3.86. The average Bonchev–Trinajstić information content (AvgIpc) is 2.34. The van der Waals surface area contributed by atoms with Crippen molar-refractivity contribution in [2.45, 2.75) is 13.5 Å². The van der Waals surface area contributed by atoms with Gasteiger partial charge in [-0.15, -0.1) is 6.42 Å². The molecule has 0 aliphatic rings. The van der Waals surface area contributed by atoms with Crippen LogP contribution in [-0.4, -0.2) is 31.0 Å². The van der Waals surface area contributed by atoms with Gasteiger partial charge in [0, 0.05) is 20.1 Å². The molecule has 0 heterocycles. The van der Waals surface area contributed by atoms with E-state index in [0.717, 1.165) is 18.1 Å². The van der Waals surface area contributed by atoms with Crippen molar-refractivity contribution in [3.8, 4) is 12.3 Å². The van der Waals surface area contributed by atoms with Gasteiger partial charge in [0.1, 0.15) is 12.4 Å². The maximum absolute atomic E-state index is 13.1. The fourth-order valence-electron chi connectivity index (χ4n) is 1.57. The zero-order valence-corrected chi connectivity index (χ0v) is 10.8. The van der Waals surface area contributed by atoms with Crippen LogP contribution in [0.25, 0.3) is 0 Å². The smallest absolute Gasteiger partial charge is 0.194 e. The lowest BCUT2D eigenvalue weighted by Crippen LogP contribution is -2.38. The molecule has 0 aliphatic carbocycles. The summed E-state index contributed by atoms with van der Waals surface area (Å²) in [7, 11) is 1.89. The summed E-state index contributed by atoms with van der Waals surface area (Å²) in [6.45, 7) is 3.66. The van der Waals surface area contributed by atoms with Crippen LogP contribution in [-0.2, 0) is 6.54 Å². The molecule has 0 fully saturated rings. The Morgan fingerprint density at radius 2 is 2.33 bits per heavy atom. The van der Waals surface area contributed by atoms with Crippen LogP contribution in [0.15, 0.2) is 29.3 Å². The first-order valence-electron chi connectivity index (χ1n) is 5.84. The lowest BCUT2D eigenvalue weighted by atomic mass is 10.2. The number of guanidine groups is 1. The molecule has 0 bridgehead atoms. The third kappa shape index (κ3) is 4.46. The molecule has 0 saturated heterocycles. The molecule has 1 rings (SSSR count). The molecule has 0 atom stereocenters. The summed E-state index contributed by atoms with van der Waals surface area (Å²) < 4.78 is 13.1. The normalized spacial score (nSPS) is 10.9. The summed E-state index contributed by atoms with van der Waals surface area (Å²) in [5, 5.41) is 3.14. The van der Waals surface area contributed by atoms with Gasteiger partial charge in [-0.25, -0.2) is 9.38 Å². The lowest BCUT2D eigenvalue weighted by Gasteiger charge is -2.21. The number of hydrogen-bond acceptors (Lipinski definition) is 1. The molecule has 96 valence electrons. The van der Waals surface area contributed by atoms with Crippen molar-refractivity contribution < 1.29 is 4.39 Å². The quantitative estimate of drug-likeness (QED) is 0.499. The van der Waals surface area contributed by atoms with Gasteiger partial charge in [0.2, 0.25) is 0 Å². The predicted molar refractivity (Wildman–Crippen MR) is 72.7 cm³/mol. The first kappa shape index (κ1) is 14.0. The Morgan fingerprint density at radius 3 is 2.94 bits per heavy atom. The van der Waals surface area contributed by atoms with Crippen molar-refractivity contribution in [3.05, 3.63) is 35.6 Å². The highest BCUT2D eigenvalue weighted by Gasteiger charge is 2.06. The maximum Gasteiger partial charge on any atom is 0.194 e. The number of aliphatic imine (C=N–C) groups is 1. The van der Waals surface area contributed by atoms with Crippen LogP contribution < -0.4 is 5.32 Å².